The summed E-state index contributed by atoms with van der Waals surface area (Å²) in [6.45, 7) is 0.285. The number of hydrogen-bond acceptors (Lipinski definition) is 4. The zero-order valence-corrected chi connectivity index (χ0v) is 17.6. The minimum absolute atomic E-state index is 0.00150. The summed E-state index contributed by atoms with van der Waals surface area (Å²) in [6.07, 6.45) is 5.07. The first-order valence-corrected chi connectivity index (χ1v) is 9.69. The lowest BCUT2D eigenvalue weighted by Crippen LogP contribution is -2.02. The molecule has 0 saturated carbocycles. The molecule has 3 rings (SSSR count). The Morgan fingerprint density at radius 2 is 1.31 bits per heavy atom. The Labute approximate surface area is 183 Å². The van der Waals surface area contributed by atoms with Gasteiger partial charge in [-0.3, -0.25) is 0 Å². The molecule has 0 spiro atoms. The van der Waals surface area contributed by atoms with Crippen LogP contribution in [0.1, 0.15) is 16.7 Å². The van der Waals surface area contributed by atoms with Crippen molar-refractivity contribution in [3.8, 4) is 41.4 Å². The molecule has 3 aromatic rings. The number of hydrogen-bond donors (Lipinski definition) is 3. The Morgan fingerprint density at radius 3 is 1.83 bits per heavy atom. The number of aliphatic hydroxyl groups excluding tert-OH is 1. The Hall–Kier alpha value is -3.13. The molecule has 0 amide bonds. The van der Waals surface area contributed by atoms with Gasteiger partial charge in [0.1, 0.15) is 23.9 Å². The van der Waals surface area contributed by atoms with Crippen molar-refractivity contribution in [2.45, 2.75) is 0 Å². The summed E-state index contributed by atoms with van der Waals surface area (Å²) in [5.41, 5.74) is 2.52. The van der Waals surface area contributed by atoms with Crippen LogP contribution < -0.4 is 4.74 Å². The van der Waals surface area contributed by atoms with E-state index in [9.17, 15) is 5.11 Å². The fraction of sp³-hybridized carbons (Fsp3) is 0.0833. The number of rotatable bonds is 3. The molecule has 0 saturated heterocycles. The third-order valence-electron chi connectivity index (χ3n) is 3.53. The molecule has 0 radical (unpaired) electrons. The van der Waals surface area contributed by atoms with Gasteiger partial charge in [0.2, 0.25) is 0 Å². The molecule has 3 aromatic carbocycles. The maximum atomic E-state index is 9.20. The van der Waals surface area contributed by atoms with Gasteiger partial charge >= 0.3 is 0 Å². The zero-order chi connectivity index (χ0) is 21.1. The van der Waals surface area contributed by atoms with Crippen LogP contribution in [0, 0.1) is 27.8 Å². The van der Waals surface area contributed by atoms with Gasteiger partial charge in [0.15, 0.2) is 0 Å². The lowest BCUT2D eigenvalue weighted by atomic mass is 10.2. The summed E-state index contributed by atoms with van der Waals surface area (Å²) in [4.78, 5) is 0. The van der Waals surface area contributed by atoms with Crippen LogP contribution in [-0.2, 0) is 0 Å². The highest BCUT2D eigenvalue weighted by atomic mass is 127. The van der Waals surface area contributed by atoms with E-state index in [1.807, 2.05) is 18.2 Å². The van der Waals surface area contributed by atoms with Crippen LogP contribution in [-0.4, -0.2) is 28.5 Å². The smallest absolute Gasteiger partial charge is 0.132 e. The highest BCUT2D eigenvalue weighted by Gasteiger charge is 2.01. The summed E-state index contributed by atoms with van der Waals surface area (Å²) in [5.74, 6) is 9.76. The third kappa shape index (κ3) is 7.79. The Kier molecular flexibility index (Phi) is 8.91. The van der Waals surface area contributed by atoms with Crippen molar-refractivity contribution in [1.29, 1.82) is 0 Å². The first-order valence-electron chi connectivity index (χ1n) is 8.61. The van der Waals surface area contributed by atoms with Crippen LogP contribution in [0.5, 0.6) is 17.2 Å². The fourth-order valence-electron chi connectivity index (χ4n) is 2.10. The summed E-state index contributed by atoms with van der Waals surface area (Å²) in [6, 6.07) is 18.9. The second-order valence-electron chi connectivity index (χ2n) is 5.71. The van der Waals surface area contributed by atoms with Crippen LogP contribution in [0.4, 0.5) is 0 Å². The molecule has 0 aliphatic carbocycles. The fourth-order valence-corrected chi connectivity index (χ4v) is 2.77. The number of terminal acetylenes is 1. The van der Waals surface area contributed by atoms with Gasteiger partial charge in [-0.1, -0.05) is 17.8 Å². The van der Waals surface area contributed by atoms with E-state index >= 15 is 0 Å². The Bertz CT molecular complexity index is 1020. The number of aliphatic hydroxyl groups is 1. The van der Waals surface area contributed by atoms with Gasteiger partial charge in [0, 0.05) is 16.7 Å². The van der Waals surface area contributed by atoms with E-state index in [0.717, 1.165) is 26.0 Å². The van der Waals surface area contributed by atoms with E-state index in [-0.39, 0.29) is 24.7 Å². The molecule has 5 heteroatoms. The predicted molar refractivity (Wildman–Crippen MR) is 122 cm³/mol. The highest BCUT2D eigenvalue weighted by Crippen LogP contribution is 2.21. The largest absolute Gasteiger partial charge is 0.508 e. The van der Waals surface area contributed by atoms with E-state index in [1.165, 1.54) is 0 Å². The van der Waals surface area contributed by atoms with E-state index in [4.69, 9.17) is 21.4 Å². The third-order valence-corrected chi connectivity index (χ3v) is 4.38. The molecule has 4 nitrogen and oxygen atoms in total. The number of benzene rings is 3. The van der Waals surface area contributed by atoms with Gasteiger partial charge in [-0.05, 0) is 89.3 Å². The quantitative estimate of drug-likeness (QED) is 0.375. The van der Waals surface area contributed by atoms with Gasteiger partial charge in [0.05, 0.1) is 10.2 Å². The van der Waals surface area contributed by atoms with Crippen molar-refractivity contribution in [3.63, 3.8) is 0 Å². The van der Waals surface area contributed by atoms with Crippen LogP contribution in [0.25, 0.3) is 0 Å². The van der Waals surface area contributed by atoms with Crippen LogP contribution in [0.2, 0.25) is 0 Å². The van der Waals surface area contributed by atoms with Crippen molar-refractivity contribution >= 4 is 22.6 Å². The number of ether oxygens (including phenoxy) is 1. The molecule has 0 heterocycles. The Morgan fingerprint density at radius 1 is 0.793 bits per heavy atom. The second kappa shape index (κ2) is 11.7. The van der Waals surface area contributed by atoms with Gasteiger partial charge in [0.25, 0.3) is 0 Å². The lowest BCUT2D eigenvalue weighted by molar-refractivity contribution is 0.200. The molecule has 0 aliphatic heterocycles. The van der Waals surface area contributed by atoms with E-state index < -0.39 is 0 Å². The first kappa shape index (κ1) is 22.2. The van der Waals surface area contributed by atoms with Gasteiger partial charge in [-0.15, -0.1) is 6.42 Å². The molecule has 0 fully saturated rings. The van der Waals surface area contributed by atoms with E-state index in [1.54, 1.807) is 48.5 Å². The summed E-state index contributed by atoms with van der Waals surface area (Å²) >= 11 is 2.18. The van der Waals surface area contributed by atoms with Gasteiger partial charge in [-0.25, -0.2) is 0 Å². The summed E-state index contributed by atoms with van der Waals surface area (Å²) in [7, 11) is 0. The predicted octanol–water partition coefficient (Wildman–Crippen LogP) is 4.14. The molecule has 0 unspecified atom stereocenters. The van der Waals surface area contributed by atoms with Crippen LogP contribution >= 0.6 is 22.6 Å². The molecule has 0 aromatic heterocycles. The monoisotopic (exact) mass is 498 g/mol. The maximum absolute atomic E-state index is 9.20. The van der Waals surface area contributed by atoms with Crippen LogP contribution in [0.3, 0.4) is 0 Å². The molecular formula is C24H19IO4. The molecule has 0 atom stereocenters. The minimum Gasteiger partial charge on any atom is -0.508 e. The SMILES string of the molecule is C#Cc1ccc(O)cc1.OCCOc1ccc(C#Cc2ccc(O)cc2)cc1I. The van der Waals surface area contributed by atoms with E-state index in [0.29, 0.717) is 0 Å². The Balaban J connectivity index is 0.000000278. The average molecular weight is 498 g/mol. The molecule has 0 bridgehead atoms. The number of halogens is 1. The zero-order valence-electron chi connectivity index (χ0n) is 15.5. The van der Waals surface area contributed by atoms with Crippen molar-refractivity contribution in [2.24, 2.45) is 0 Å². The summed E-state index contributed by atoms with van der Waals surface area (Å²) < 4.78 is 6.34. The average Bonchev–Trinajstić information content (AvgIpc) is 2.74. The standard InChI is InChI=1S/C16H13IO3.C8H6O/c17-15-11-13(5-8-16(15)20-10-9-18)2-1-12-3-6-14(19)7-4-12;1-2-7-3-5-8(9)6-4-7/h3-8,11,18-19H,9-10H2;1,3-6,9H. The van der Waals surface area contributed by atoms with Crippen molar-refractivity contribution in [2.75, 3.05) is 13.2 Å². The number of phenolic OH excluding ortho intramolecular Hbond substituents is 2. The van der Waals surface area contributed by atoms with Gasteiger partial charge < -0.3 is 20.1 Å². The molecule has 0 aliphatic rings. The number of phenols is 2. The summed E-state index contributed by atoms with van der Waals surface area (Å²) in [5, 5.41) is 26.7. The molecule has 29 heavy (non-hydrogen) atoms. The molecule has 3 N–H and O–H groups in total. The highest BCUT2D eigenvalue weighted by molar-refractivity contribution is 14.1. The minimum atomic E-state index is -0.00150. The number of aromatic hydroxyl groups is 2. The molecular weight excluding hydrogens is 479 g/mol. The maximum Gasteiger partial charge on any atom is 0.132 e. The van der Waals surface area contributed by atoms with E-state index in [2.05, 4.69) is 40.4 Å². The van der Waals surface area contributed by atoms with Crippen LogP contribution in [0.15, 0.2) is 66.7 Å². The second-order valence-corrected chi connectivity index (χ2v) is 6.87. The lowest BCUT2D eigenvalue weighted by Gasteiger charge is -2.06. The normalized spacial score (nSPS) is 9.28. The topological polar surface area (TPSA) is 69.9 Å². The molecule has 146 valence electrons. The van der Waals surface area contributed by atoms with Gasteiger partial charge in [-0.2, -0.15) is 0 Å². The van der Waals surface area contributed by atoms with Crippen molar-refractivity contribution in [1.82, 2.24) is 0 Å². The van der Waals surface area contributed by atoms with Crippen molar-refractivity contribution in [3.05, 3.63) is 87.0 Å². The van der Waals surface area contributed by atoms with Crippen molar-refractivity contribution < 1.29 is 20.1 Å². The first-order chi connectivity index (χ1) is 14.0.